The maximum absolute atomic E-state index is 12.3. The van der Waals surface area contributed by atoms with Gasteiger partial charge in [0.25, 0.3) is 5.69 Å². The van der Waals surface area contributed by atoms with Crippen molar-refractivity contribution < 1.29 is 9.72 Å². The highest BCUT2D eigenvalue weighted by atomic mass is 32.2. The number of aryl methyl sites for hydroxylation is 3. The Morgan fingerprint density at radius 1 is 1.21 bits per heavy atom. The maximum Gasteiger partial charge on any atom is 0.270 e. The summed E-state index contributed by atoms with van der Waals surface area (Å²) in [6.07, 6.45) is 0. The molecule has 1 amide bonds. The molecule has 0 unspecified atom stereocenters. The fourth-order valence-corrected chi connectivity index (χ4v) is 3.83. The molecule has 1 aromatic heterocycles. The lowest BCUT2D eigenvalue weighted by atomic mass is 10.0. The van der Waals surface area contributed by atoms with Gasteiger partial charge in [0, 0.05) is 17.5 Å². The van der Waals surface area contributed by atoms with E-state index in [-0.39, 0.29) is 28.6 Å². The van der Waals surface area contributed by atoms with Gasteiger partial charge < -0.3 is 5.32 Å². The zero-order valence-corrected chi connectivity index (χ0v) is 17.0. The second-order valence-electron chi connectivity index (χ2n) is 6.69. The Labute approximate surface area is 171 Å². The first-order valence-electron chi connectivity index (χ1n) is 8.78. The number of nitrogens with zero attached hydrogens (tertiary/aromatic N) is 3. The third-order valence-corrected chi connectivity index (χ3v) is 5.30. The van der Waals surface area contributed by atoms with E-state index in [4.69, 9.17) is 0 Å². The second-order valence-corrected chi connectivity index (χ2v) is 7.69. The van der Waals surface area contributed by atoms with E-state index < -0.39 is 4.92 Å². The molecule has 0 aliphatic carbocycles. The minimum Gasteiger partial charge on any atom is -0.324 e. The zero-order chi connectivity index (χ0) is 21.1. The Morgan fingerprint density at radius 2 is 1.97 bits per heavy atom. The summed E-state index contributed by atoms with van der Waals surface area (Å²) >= 11 is 1.30. The van der Waals surface area contributed by atoms with Crippen molar-refractivity contribution in [3.05, 3.63) is 68.8 Å². The lowest BCUT2D eigenvalue weighted by molar-refractivity contribution is -0.384. The summed E-state index contributed by atoms with van der Waals surface area (Å²) in [5, 5.41) is 24.5. The molecule has 2 aromatic carbocycles. The number of benzene rings is 2. The van der Waals surface area contributed by atoms with E-state index in [0.29, 0.717) is 0 Å². The van der Waals surface area contributed by atoms with Crippen molar-refractivity contribution >= 4 is 39.9 Å². The maximum atomic E-state index is 12.3. The predicted octanol–water partition coefficient (Wildman–Crippen LogP) is 4.67. The largest absolute Gasteiger partial charge is 0.324 e. The van der Waals surface area contributed by atoms with Crippen LogP contribution in [-0.4, -0.2) is 21.6 Å². The number of nitro groups is 1. The zero-order valence-electron chi connectivity index (χ0n) is 16.1. The Kier molecular flexibility index (Phi) is 5.80. The lowest BCUT2D eigenvalue weighted by Crippen LogP contribution is -2.15. The Bertz CT molecular complexity index is 1180. The summed E-state index contributed by atoms with van der Waals surface area (Å²) in [6, 6.07) is 11.8. The van der Waals surface area contributed by atoms with Crippen molar-refractivity contribution in [2.75, 3.05) is 11.1 Å². The Balaban J connectivity index is 1.75. The smallest absolute Gasteiger partial charge is 0.270 e. The average molecular weight is 406 g/mol. The molecule has 29 heavy (non-hydrogen) atoms. The molecule has 0 bridgehead atoms. The van der Waals surface area contributed by atoms with Crippen LogP contribution in [0.1, 0.15) is 22.3 Å². The molecule has 3 rings (SSSR count). The van der Waals surface area contributed by atoms with E-state index in [1.165, 1.54) is 29.5 Å². The summed E-state index contributed by atoms with van der Waals surface area (Å²) in [6.45, 7) is 6.08. The highest BCUT2D eigenvalue weighted by Crippen LogP contribution is 2.27. The molecule has 0 atom stereocenters. The first-order chi connectivity index (χ1) is 13.8. The number of pyridine rings is 1. The van der Waals surface area contributed by atoms with Crippen LogP contribution in [0.25, 0.3) is 10.9 Å². The van der Waals surface area contributed by atoms with Crippen molar-refractivity contribution in [1.82, 2.24) is 4.98 Å². The van der Waals surface area contributed by atoms with Crippen LogP contribution in [0.5, 0.6) is 0 Å². The average Bonchev–Trinajstić information content (AvgIpc) is 2.67. The highest BCUT2D eigenvalue weighted by molar-refractivity contribution is 7.99. The van der Waals surface area contributed by atoms with Gasteiger partial charge in [-0.05, 0) is 50.1 Å². The standard InChI is InChI=1S/C21H18N4O3S/c1-12-6-14(3)21-17(7-12)13(2)8-20(24-21)29-11-19(26)23-18-5-4-16(25(27)28)9-15(18)10-22/h4-9H,11H2,1-3H3,(H,23,26). The number of thioether (sulfide) groups is 1. The molecule has 0 saturated carbocycles. The van der Waals surface area contributed by atoms with Gasteiger partial charge in [0.15, 0.2) is 0 Å². The molecule has 146 valence electrons. The molecule has 1 N–H and O–H groups in total. The minimum absolute atomic E-state index is 0.0446. The normalized spacial score (nSPS) is 10.6. The van der Waals surface area contributed by atoms with Crippen molar-refractivity contribution in [1.29, 1.82) is 5.26 Å². The van der Waals surface area contributed by atoms with Gasteiger partial charge >= 0.3 is 0 Å². The lowest BCUT2D eigenvalue weighted by Gasteiger charge is -2.10. The van der Waals surface area contributed by atoms with Crippen LogP contribution in [-0.2, 0) is 4.79 Å². The summed E-state index contributed by atoms with van der Waals surface area (Å²) in [4.78, 5) is 27.2. The molecule has 0 aliphatic heterocycles. The molecule has 0 saturated heterocycles. The topological polar surface area (TPSA) is 109 Å². The number of non-ortho nitro benzene ring substituents is 1. The van der Waals surface area contributed by atoms with Crippen LogP contribution in [0.3, 0.4) is 0 Å². The second kappa shape index (κ2) is 8.29. The molecule has 1 heterocycles. The van der Waals surface area contributed by atoms with Crippen LogP contribution in [0.2, 0.25) is 0 Å². The van der Waals surface area contributed by atoms with Crippen molar-refractivity contribution in [3.8, 4) is 6.07 Å². The number of aromatic nitrogens is 1. The molecule has 7 nitrogen and oxygen atoms in total. The van der Waals surface area contributed by atoms with Crippen LogP contribution >= 0.6 is 11.8 Å². The Hall–Kier alpha value is -3.44. The number of nitro benzene ring substituents is 1. The summed E-state index contributed by atoms with van der Waals surface area (Å²) in [5.41, 5.74) is 4.36. The quantitative estimate of drug-likeness (QED) is 0.375. The summed E-state index contributed by atoms with van der Waals surface area (Å²) in [7, 11) is 0. The third kappa shape index (κ3) is 4.52. The Morgan fingerprint density at radius 3 is 2.66 bits per heavy atom. The van der Waals surface area contributed by atoms with Gasteiger partial charge in [-0.1, -0.05) is 23.4 Å². The van der Waals surface area contributed by atoms with Gasteiger partial charge in [0.1, 0.15) is 6.07 Å². The SMILES string of the molecule is Cc1cc(C)c2nc(SCC(=O)Nc3ccc([N+](=O)[O-])cc3C#N)cc(C)c2c1. The number of carbonyl (C=O) groups excluding carboxylic acids is 1. The highest BCUT2D eigenvalue weighted by Gasteiger charge is 2.14. The van der Waals surface area contributed by atoms with Crippen molar-refractivity contribution in [2.45, 2.75) is 25.8 Å². The van der Waals surface area contributed by atoms with E-state index in [1.54, 1.807) is 0 Å². The number of anilines is 1. The fraction of sp³-hybridized carbons (Fsp3) is 0.190. The van der Waals surface area contributed by atoms with Crippen LogP contribution in [0, 0.1) is 42.2 Å². The number of nitrogens with one attached hydrogen (secondary N) is 1. The molecular formula is C21H18N4O3S. The van der Waals surface area contributed by atoms with E-state index >= 15 is 0 Å². The number of hydrogen-bond donors (Lipinski definition) is 1. The molecule has 0 spiro atoms. The number of carbonyl (C=O) groups is 1. The van der Waals surface area contributed by atoms with E-state index in [1.807, 2.05) is 32.9 Å². The summed E-state index contributed by atoms with van der Waals surface area (Å²) in [5.74, 6) is -0.217. The monoisotopic (exact) mass is 406 g/mol. The van der Waals surface area contributed by atoms with Crippen LogP contribution in [0.15, 0.2) is 41.4 Å². The molecule has 3 aromatic rings. The van der Waals surface area contributed by atoms with Crippen LogP contribution < -0.4 is 5.32 Å². The van der Waals surface area contributed by atoms with Gasteiger partial charge in [-0.15, -0.1) is 0 Å². The molecule has 0 aliphatic rings. The van der Waals surface area contributed by atoms with E-state index in [0.717, 1.165) is 33.1 Å². The van der Waals surface area contributed by atoms with Crippen LogP contribution in [0.4, 0.5) is 11.4 Å². The molecule has 0 fully saturated rings. The number of amides is 1. The number of hydrogen-bond acceptors (Lipinski definition) is 6. The number of rotatable bonds is 5. The molecular weight excluding hydrogens is 388 g/mol. The van der Waals surface area contributed by atoms with Gasteiger partial charge in [-0.2, -0.15) is 5.26 Å². The van der Waals surface area contributed by atoms with Crippen molar-refractivity contribution in [2.24, 2.45) is 0 Å². The predicted molar refractivity (Wildman–Crippen MR) is 113 cm³/mol. The number of nitriles is 1. The van der Waals surface area contributed by atoms with E-state index in [9.17, 15) is 20.2 Å². The first kappa shape index (κ1) is 20.3. The van der Waals surface area contributed by atoms with Gasteiger partial charge in [0.05, 0.1) is 32.5 Å². The first-order valence-corrected chi connectivity index (χ1v) is 9.77. The van der Waals surface area contributed by atoms with Gasteiger partial charge in [0.2, 0.25) is 5.91 Å². The number of fused-ring (bicyclic) bond motifs is 1. The van der Waals surface area contributed by atoms with Gasteiger partial charge in [-0.25, -0.2) is 4.98 Å². The minimum atomic E-state index is -0.584. The molecule has 8 heteroatoms. The van der Waals surface area contributed by atoms with Gasteiger partial charge in [-0.3, -0.25) is 14.9 Å². The van der Waals surface area contributed by atoms with E-state index in [2.05, 4.69) is 22.4 Å². The summed E-state index contributed by atoms with van der Waals surface area (Å²) < 4.78 is 0. The van der Waals surface area contributed by atoms with Crippen molar-refractivity contribution in [3.63, 3.8) is 0 Å². The fourth-order valence-electron chi connectivity index (χ4n) is 3.06. The molecule has 0 radical (unpaired) electrons. The third-order valence-electron chi connectivity index (χ3n) is 4.39.